The fourth-order valence-corrected chi connectivity index (χ4v) is 9.99. The fourth-order valence-electron chi connectivity index (χ4n) is 9.99. The molecule has 15 nitrogen and oxygen atoms in total. The van der Waals surface area contributed by atoms with E-state index in [9.17, 15) is 30.2 Å². The number of ether oxygens (including phenoxy) is 5. The summed E-state index contributed by atoms with van der Waals surface area (Å²) >= 11 is 0. The van der Waals surface area contributed by atoms with Gasteiger partial charge >= 0.3 is 6.09 Å². The Balaban J connectivity index is 1.41. The number of carbonyl (C=O) groups is 1. The summed E-state index contributed by atoms with van der Waals surface area (Å²) in [5.41, 5.74) is 2.89. The van der Waals surface area contributed by atoms with Gasteiger partial charge in [0.1, 0.15) is 29.9 Å². The molecule has 4 aromatic carbocycles. The molecule has 15 heteroatoms. The van der Waals surface area contributed by atoms with Crippen LogP contribution in [0, 0.1) is 27.9 Å². The van der Waals surface area contributed by atoms with Crippen LogP contribution in [-0.4, -0.2) is 102 Å². The van der Waals surface area contributed by atoms with Gasteiger partial charge in [-0.3, -0.25) is 15.0 Å². The Bertz CT molecular complexity index is 2410. The van der Waals surface area contributed by atoms with Gasteiger partial charge in [-0.25, -0.2) is 4.79 Å². The largest absolute Gasteiger partial charge is 0.459 e. The average molecular weight is 934 g/mol. The summed E-state index contributed by atoms with van der Waals surface area (Å²) in [5, 5.41) is 48.0. The van der Waals surface area contributed by atoms with Gasteiger partial charge in [-0.15, -0.1) is 13.2 Å². The van der Waals surface area contributed by atoms with Crippen molar-refractivity contribution < 1.29 is 53.6 Å². The Hall–Kier alpha value is -6.10. The van der Waals surface area contributed by atoms with Gasteiger partial charge in [-0.1, -0.05) is 66.6 Å². The first-order valence-corrected chi connectivity index (χ1v) is 23.6. The van der Waals surface area contributed by atoms with Crippen molar-refractivity contribution in [1.29, 1.82) is 0 Å². The Labute approximate surface area is 397 Å². The molecule has 0 aromatic heterocycles. The van der Waals surface area contributed by atoms with Gasteiger partial charge in [0.15, 0.2) is 0 Å². The lowest BCUT2D eigenvalue weighted by Crippen LogP contribution is -2.70. The van der Waals surface area contributed by atoms with Gasteiger partial charge < -0.3 is 43.8 Å². The smallest absolute Gasteiger partial charge is 0.410 e. The quantitative estimate of drug-likeness (QED) is 0.0234. The second kappa shape index (κ2) is 24.3. The van der Waals surface area contributed by atoms with E-state index in [0.717, 1.165) is 47.6 Å². The number of aliphatic hydroxyl groups excluding tert-OH is 3. The minimum atomic E-state index is -1.56. The monoisotopic (exact) mass is 933 g/mol. The Morgan fingerprint density at radius 2 is 1.63 bits per heavy atom. The molecule has 3 N–H and O–H groups in total. The summed E-state index contributed by atoms with van der Waals surface area (Å²) < 4.78 is 32.7. The van der Waals surface area contributed by atoms with Gasteiger partial charge in [-0.05, 0) is 108 Å². The number of carbonyl (C=O) groups excluding carboxylic acids is 1. The summed E-state index contributed by atoms with van der Waals surface area (Å²) in [5.74, 6) is -0.731. The van der Waals surface area contributed by atoms with Crippen LogP contribution in [0.4, 0.5) is 10.5 Å². The summed E-state index contributed by atoms with van der Waals surface area (Å²) in [6, 6.07) is 25.1. The Morgan fingerprint density at radius 3 is 2.37 bits per heavy atom. The van der Waals surface area contributed by atoms with E-state index in [4.69, 9.17) is 33.7 Å². The normalized spacial score (nSPS) is 22.0. The number of hydrogen-bond acceptors (Lipinski definition) is 13. The molecule has 7 rings (SSSR count). The van der Waals surface area contributed by atoms with E-state index >= 15 is 0 Å². The maximum atomic E-state index is 14.5. The molecule has 2 aliphatic carbocycles. The van der Waals surface area contributed by atoms with Crippen molar-refractivity contribution in [2.45, 2.75) is 75.7 Å². The third kappa shape index (κ3) is 11.6. The number of non-ortho nitro benzene ring substituents is 1. The van der Waals surface area contributed by atoms with Crippen molar-refractivity contribution in [2.75, 3.05) is 52.8 Å². The molecule has 4 aromatic rings. The zero-order valence-electron chi connectivity index (χ0n) is 38.5. The van der Waals surface area contributed by atoms with E-state index in [-0.39, 0.29) is 89.3 Å². The van der Waals surface area contributed by atoms with E-state index in [1.165, 1.54) is 12.1 Å². The third-order valence-corrected chi connectivity index (χ3v) is 13.0. The molecule has 1 amide bonds. The molecule has 1 aliphatic heterocycles. The summed E-state index contributed by atoms with van der Waals surface area (Å²) in [6.45, 7) is 8.01. The minimum Gasteiger partial charge on any atom is -0.459 e. The topological polar surface area (TPSA) is 192 Å². The number of nitro benzene ring substituents is 1. The van der Waals surface area contributed by atoms with Crippen molar-refractivity contribution in [2.24, 2.45) is 22.9 Å². The van der Waals surface area contributed by atoms with Gasteiger partial charge in [0.25, 0.3) is 5.69 Å². The minimum absolute atomic E-state index is 0.00642. The van der Waals surface area contributed by atoms with Crippen LogP contribution in [0.5, 0.6) is 17.2 Å². The lowest BCUT2D eigenvalue weighted by atomic mass is 9.55. The fraction of sp³-hybridized carbons (Fsp3) is 0.434. The van der Waals surface area contributed by atoms with E-state index in [2.05, 4.69) is 25.3 Å². The molecule has 0 bridgehead atoms. The van der Waals surface area contributed by atoms with Gasteiger partial charge in [0.2, 0.25) is 5.79 Å². The van der Waals surface area contributed by atoms with Crippen LogP contribution in [-0.2, 0) is 25.7 Å². The summed E-state index contributed by atoms with van der Waals surface area (Å²) in [7, 11) is 0. The first-order chi connectivity index (χ1) is 33.2. The molecule has 6 atom stereocenters. The molecule has 0 spiro atoms. The lowest BCUT2D eigenvalue weighted by Gasteiger charge is -2.59. The highest BCUT2D eigenvalue weighted by molar-refractivity contribution is 6.03. The van der Waals surface area contributed by atoms with Crippen LogP contribution in [0.25, 0.3) is 10.8 Å². The lowest BCUT2D eigenvalue weighted by molar-refractivity contribution is -0.384. The number of nitro groups is 1. The number of rotatable bonds is 26. The number of benzene rings is 4. The zero-order valence-corrected chi connectivity index (χ0v) is 38.5. The van der Waals surface area contributed by atoms with Crippen molar-refractivity contribution >= 4 is 28.3 Å². The van der Waals surface area contributed by atoms with Crippen LogP contribution in [0.3, 0.4) is 0 Å². The predicted molar refractivity (Wildman–Crippen MR) is 258 cm³/mol. The average Bonchev–Trinajstić information content (AvgIpc) is 3.35. The van der Waals surface area contributed by atoms with Crippen molar-refractivity contribution in [3.63, 3.8) is 0 Å². The molecule has 68 heavy (non-hydrogen) atoms. The van der Waals surface area contributed by atoms with E-state index in [1.807, 2.05) is 54.6 Å². The van der Waals surface area contributed by atoms with Gasteiger partial charge in [0.05, 0.1) is 49.6 Å². The number of unbranched alkanes of at least 4 members (excludes halogenated alkanes) is 2. The van der Waals surface area contributed by atoms with Crippen molar-refractivity contribution in [1.82, 2.24) is 4.90 Å². The van der Waals surface area contributed by atoms with Crippen LogP contribution in [0.15, 0.2) is 127 Å². The Kier molecular flexibility index (Phi) is 17.8. The van der Waals surface area contributed by atoms with Crippen LogP contribution >= 0.6 is 0 Å². The number of nitrogens with zero attached hydrogens (tertiary/aromatic N) is 3. The second-order valence-electron chi connectivity index (χ2n) is 17.3. The number of aliphatic hydroxyl groups is 3. The second-order valence-corrected chi connectivity index (χ2v) is 17.3. The maximum absolute atomic E-state index is 14.5. The number of allylic oxidation sites excluding steroid dienone is 1. The van der Waals surface area contributed by atoms with Gasteiger partial charge in [-0.2, -0.15) is 0 Å². The highest BCUT2D eigenvalue weighted by Crippen LogP contribution is 2.62. The van der Waals surface area contributed by atoms with Crippen LogP contribution < -0.4 is 9.47 Å². The molecule has 1 heterocycles. The third-order valence-electron chi connectivity index (χ3n) is 13.0. The van der Waals surface area contributed by atoms with E-state index < -0.39 is 28.8 Å². The summed E-state index contributed by atoms with van der Waals surface area (Å²) in [6.07, 6.45) is 9.66. The molecule has 3 aliphatic rings. The number of amides is 1. The molecule has 0 saturated heterocycles. The Morgan fingerprint density at radius 1 is 0.882 bits per heavy atom. The van der Waals surface area contributed by atoms with Gasteiger partial charge in [0, 0.05) is 49.8 Å². The zero-order chi connectivity index (χ0) is 47.9. The highest BCUT2D eigenvalue weighted by atomic mass is 16.7. The standard InChI is InChI=1S/C53H63N3O12/c1-3-5-29-64-52(60)55(24-30-63-31-27-59)49-35-47(54-66-36-37-16-19-41(20-17-37)56(61)62)45-33-40(14-8-10-25-57)44(15-9-11-26-58)50-46-34-43(67-42-21-18-38-12-6-7-13-39(38)32-42)22-23-48(46)68-53(49,51(45)50)65-28-4-2/h3-4,6-7,12-13,16-23,32-34,40,44,49-51,57-59H,1-2,5,8-11,14-15,24-31,35-36H2. The first kappa shape index (κ1) is 49.8. The number of hydrogen-bond donors (Lipinski definition) is 3. The first-order valence-electron chi connectivity index (χ1n) is 23.6. The predicted octanol–water partition coefficient (Wildman–Crippen LogP) is 9.40. The molecular weight excluding hydrogens is 871 g/mol. The molecule has 362 valence electrons. The molecule has 1 saturated carbocycles. The van der Waals surface area contributed by atoms with Crippen LogP contribution in [0.1, 0.15) is 68.4 Å². The van der Waals surface area contributed by atoms with Crippen molar-refractivity contribution in [3.8, 4) is 17.2 Å². The van der Waals surface area contributed by atoms with E-state index in [1.54, 1.807) is 29.2 Å². The maximum Gasteiger partial charge on any atom is 0.410 e. The van der Waals surface area contributed by atoms with Crippen LogP contribution in [0.2, 0.25) is 0 Å². The van der Waals surface area contributed by atoms with Crippen molar-refractivity contribution in [3.05, 3.63) is 143 Å². The number of fused-ring (bicyclic) bond motifs is 3. The summed E-state index contributed by atoms with van der Waals surface area (Å²) in [4.78, 5) is 33.2. The molecule has 0 radical (unpaired) electrons. The molecule has 1 fully saturated rings. The highest BCUT2D eigenvalue weighted by Gasteiger charge is 2.65. The van der Waals surface area contributed by atoms with E-state index in [0.29, 0.717) is 47.8 Å². The SMILES string of the molecule is C=CCCOC(=O)N(CCOCCO)C1CC(=NOCc2ccc([N+](=O)[O-])cc2)C2=CC(CCCCO)C(CCCCO)C3c4cc(Oc5ccc6ccccc6c5)ccc4OC1(OCC=C)C23. The number of oxime groups is 1. The molecular formula is C53H63N3O12. The molecule has 6 unspecified atom stereocenters.